The highest BCUT2D eigenvalue weighted by Crippen LogP contribution is 2.17. The molecule has 0 atom stereocenters. The summed E-state index contributed by atoms with van der Waals surface area (Å²) in [6.45, 7) is 1.47. The fourth-order valence-corrected chi connectivity index (χ4v) is 1.78. The molecule has 0 saturated heterocycles. The van der Waals surface area contributed by atoms with Gasteiger partial charge in [-0.15, -0.1) is 0 Å². The maximum atomic E-state index is 9.69. The molecule has 1 aromatic carbocycles. The van der Waals surface area contributed by atoms with Crippen molar-refractivity contribution in [1.82, 2.24) is 14.5 Å². The monoisotopic (exact) mass is 231 g/mol. The fraction of sp³-hybridized carbons (Fsp3) is 0.308. The van der Waals surface area contributed by atoms with Crippen LogP contribution < -0.4 is 0 Å². The lowest BCUT2D eigenvalue weighted by molar-refractivity contribution is 0.301. The van der Waals surface area contributed by atoms with Crippen LogP contribution in [0, 0.1) is 0 Å². The number of nitrogens with zero attached hydrogens (tertiary/aromatic N) is 3. The van der Waals surface area contributed by atoms with Crippen LogP contribution in [0.5, 0.6) is 5.75 Å². The third-order valence-corrected chi connectivity index (χ3v) is 2.76. The van der Waals surface area contributed by atoms with Gasteiger partial charge in [0, 0.05) is 31.5 Å². The van der Waals surface area contributed by atoms with E-state index >= 15 is 0 Å². The van der Waals surface area contributed by atoms with Gasteiger partial charge >= 0.3 is 0 Å². The molecule has 0 bridgehead atoms. The van der Waals surface area contributed by atoms with Crippen molar-refractivity contribution in [1.29, 1.82) is 0 Å². The summed E-state index contributed by atoms with van der Waals surface area (Å²) in [5.74, 6) is 1.36. The Morgan fingerprint density at radius 2 is 2.06 bits per heavy atom. The number of rotatable bonds is 4. The van der Waals surface area contributed by atoms with Crippen molar-refractivity contribution >= 4 is 0 Å². The molecule has 0 saturated carbocycles. The second-order valence-corrected chi connectivity index (χ2v) is 4.26. The topological polar surface area (TPSA) is 41.3 Å². The average molecular weight is 231 g/mol. The first-order chi connectivity index (χ1) is 8.16. The van der Waals surface area contributed by atoms with Crippen LogP contribution in [0.25, 0.3) is 0 Å². The smallest absolute Gasteiger partial charge is 0.122 e. The van der Waals surface area contributed by atoms with Crippen LogP contribution in [0.3, 0.4) is 0 Å². The molecule has 0 spiro atoms. The first-order valence-electron chi connectivity index (χ1n) is 5.58. The van der Waals surface area contributed by atoms with Gasteiger partial charge in [-0.25, -0.2) is 4.98 Å². The lowest BCUT2D eigenvalue weighted by Crippen LogP contribution is -2.19. The Kier molecular flexibility index (Phi) is 3.44. The van der Waals surface area contributed by atoms with Crippen molar-refractivity contribution in [2.75, 3.05) is 7.05 Å². The van der Waals surface area contributed by atoms with Crippen molar-refractivity contribution in [2.24, 2.45) is 7.05 Å². The first kappa shape index (κ1) is 11.7. The molecule has 0 radical (unpaired) electrons. The molecule has 0 aliphatic rings. The molecule has 4 heteroatoms. The number of phenolic OH excluding ortho intramolecular Hbond substituents is 1. The predicted octanol–water partition coefficient (Wildman–Crippen LogP) is 1.76. The van der Waals surface area contributed by atoms with E-state index in [-0.39, 0.29) is 0 Å². The summed E-state index contributed by atoms with van der Waals surface area (Å²) in [6, 6.07) is 7.41. The number of aromatic nitrogens is 2. The lowest BCUT2D eigenvalue weighted by Gasteiger charge is -2.17. The van der Waals surface area contributed by atoms with Gasteiger partial charge in [0.2, 0.25) is 0 Å². The standard InChI is InChI=1S/C13H17N3O/c1-15(10-13-14-7-8-16(13)2)9-11-5-3-4-6-12(11)17/h3-8,17H,9-10H2,1-2H3. The molecule has 0 fully saturated rings. The van der Waals surface area contributed by atoms with E-state index in [2.05, 4.69) is 9.88 Å². The van der Waals surface area contributed by atoms with Crippen LogP contribution in [-0.2, 0) is 20.1 Å². The number of hydrogen-bond donors (Lipinski definition) is 1. The Morgan fingerprint density at radius 1 is 1.29 bits per heavy atom. The average Bonchev–Trinajstić information content (AvgIpc) is 2.68. The van der Waals surface area contributed by atoms with Crippen molar-refractivity contribution in [3.05, 3.63) is 48.0 Å². The molecule has 1 aromatic heterocycles. The number of aryl methyl sites for hydroxylation is 1. The summed E-state index contributed by atoms with van der Waals surface area (Å²) in [5, 5.41) is 9.69. The predicted molar refractivity (Wildman–Crippen MR) is 66.5 cm³/mol. The van der Waals surface area contributed by atoms with Gasteiger partial charge in [-0.1, -0.05) is 18.2 Å². The number of hydrogen-bond acceptors (Lipinski definition) is 3. The van der Waals surface area contributed by atoms with Gasteiger partial charge in [0.05, 0.1) is 6.54 Å². The maximum absolute atomic E-state index is 9.69. The van der Waals surface area contributed by atoms with Crippen molar-refractivity contribution in [3.8, 4) is 5.75 Å². The molecule has 17 heavy (non-hydrogen) atoms. The molecule has 2 rings (SSSR count). The molecule has 0 unspecified atom stereocenters. The summed E-state index contributed by atoms with van der Waals surface area (Å²) >= 11 is 0. The molecular formula is C13H17N3O. The third kappa shape index (κ3) is 2.85. The summed E-state index contributed by atoms with van der Waals surface area (Å²) in [5.41, 5.74) is 0.934. The van der Waals surface area contributed by atoms with Crippen LogP contribution in [0.4, 0.5) is 0 Å². The van der Waals surface area contributed by atoms with Crippen LogP contribution >= 0.6 is 0 Å². The molecule has 2 aromatic rings. The Hall–Kier alpha value is -1.81. The summed E-state index contributed by atoms with van der Waals surface area (Å²) < 4.78 is 2.00. The zero-order valence-corrected chi connectivity index (χ0v) is 10.2. The van der Waals surface area contributed by atoms with Crippen LogP contribution in [0.15, 0.2) is 36.7 Å². The van der Waals surface area contributed by atoms with Crippen LogP contribution in [-0.4, -0.2) is 26.6 Å². The molecular weight excluding hydrogens is 214 g/mol. The molecule has 1 heterocycles. The highest BCUT2D eigenvalue weighted by Gasteiger charge is 2.07. The Balaban J connectivity index is 2.01. The van der Waals surface area contributed by atoms with Crippen molar-refractivity contribution < 1.29 is 5.11 Å². The number of phenols is 1. The fourth-order valence-electron chi connectivity index (χ4n) is 1.78. The zero-order valence-electron chi connectivity index (χ0n) is 10.2. The van der Waals surface area contributed by atoms with Crippen molar-refractivity contribution in [3.63, 3.8) is 0 Å². The second kappa shape index (κ2) is 5.01. The highest BCUT2D eigenvalue weighted by molar-refractivity contribution is 5.31. The lowest BCUT2D eigenvalue weighted by atomic mass is 10.2. The minimum atomic E-state index is 0.346. The molecule has 1 N–H and O–H groups in total. The minimum absolute atomic E-state index is 0.346. The summed E-state index contributed by atoms with van der Waals surface area (Å²) in [4.78, 5) is 6.40. The highest BCUT2D eigenvalue weighted by atomic mass is 16.3. The van der Waals surface area contributed by atoms with E-state index < -0.39 is 0 Å². The number of benzene rings is 1. The van der Waals surface area contributed by atoms with Gasteiger partial charge in [0.25, 0.3) is 0 Å². The molecule has 4 nitrogen and oxygen atoms in total. The van der Waals surface area contributed by atoms with Gasteiger partial charge in [-0.2, -0.15) is 0 Å². The molecule has 90 valence electrons. The molecule has 0 aliphatic carbocycles. The minimum Gasteiger partial charge on any atom is -0.508 e. The van der Waals surface area contributed by atoms with Gasteiger partial charge in [0.15, 0.2) is 0 Å². The van der Waals surface area contributed by atoms with E-state index in [1.54, 1.807) is 12.3 Å². The third-order valence-electron chi connectivity index (χ3n) is 2.76. The van der Waals surface area contributed by atoms with E-state index in [0.717, 1.165) is 17.9 Å². The molecule has 0 aliphatic heterocycles. The van der Waals surface area contributed by atoms with Crippen LogP contribution in [0.1, 0.15) is 11.4 Å². The largest absolute Gasteiger partial charge is 0.508 e. The summed E-state index contributed by atoms with van der Waals surface area (Å²) in [6.07, 6.45) is 3.73. The van der Waals surface area contributed by atoms with Gasteiger partial charge in [0.1, 0.15) is 11.6 Å². The number of imidazole rings is 1. The van der Waals surface area contributed by atoms with E-state index in [0.29, 0.717) is 12.3 Å². The SMILES string of the molecule is CN(Cc1ccccc1O)Cc1nccn1C. The quantitative estimate of drug-likeness (QED) is 0.871. The normalized spacial score (nSPS) is 11.0. The van der Waals surface area contributed by atoms with Gasteiger partial charge in [-0.3, -0.25) is 4.90 Å². The van der Waals surface area contributed by atoms with Crippen LogP contribution in [0.2, 0.25) is 0 Å². The molecule has 0 amide bonds. The second-order valence-electron chi connectivity index (χ2n) is 4.26. The maximum Gasteiger partial charge on any atom is 0.122 e. The summed E-state index contributed by atoms with van der Waals surface area (Å²) in [7, 11) is 4.00. The Morgan fingerprint density at radius 3 is 2.71 bits per heavy atom. The Labute approximate surface area is 101 Å². The zero-order chi connectivity index (χ0) is 12.3. The van der Waals surface area contributed by atoms with Gasteiger partial charge < -0.3 is 9.67 Å². The van der Waals surface area contributed by atoms with E-state index in [4.69, 9.17) is 0 Å². The number of para-hydroxylation sites is 1. The Bertz CT molecular complexity index is 493. The van der Waals surface area contributed by atoms with E-state index in [1.807, 2.05) is 43.1 Å². The van der Waals surface area contributed by atoms with E-state index in [9.17, 15) is 5.11 Å². The van der Waals surface area contributed by atoms with E-state index in [1.165, 1.54) is 0 Å². The van der Waals surface area contributed by atoms with Gasteiger partial charge in [-0.05, 0) is 13.1 Å². The van der Waals surface area contributed by atoms with Crippen molar-refractivity contribution in [2.45, 2.75) is 13.1 Å². The number of aromatic hydroxyl groups is 1. The first-order valence-corrected chi connectivity index (χ1v) is 5.58.